The van der Waals surface area contributed by atoms with Crippen LogP contribution in [0.5, 0.6) is 5.75 Å². The fourth-order valence-electron chi connectivity index (χ4n) is 2.49. The van der Waals surface area contributed by atoms with E-state index in [2.05, 4.69) is 22.0 Å². The predicted octanol–water partition coefficient (Wildman–Crippen LogP) is 1.81. The van der Waals surface area contributed by atoms with E-state index < -0.39 is 0 Å². The highest BCUT2D eigenvalue weighted by atomic mass is 19.1. The zero-order valence-electron chi connectivity index (χ0n) is 12.1. The first-order chi connectivity index (χ1) is 10.6. The third kappa shape index (κ3) is 2.46. The van der Waals surface area contributed by atoms with Gasteiger partial charge >= 0.3 is 0 Å². The van der Waals surface area contributed by atoms with Crippen molar-refractivity contribution in [1.29, 1.82) is 0 Å². The summed E-state index contributed by atoms with van der Waals surface area (Å²) in [6.45, 7) is 3.89. The molecule has 3 N–H and O–H groups in total. The molecule has 0 saturated carbocycles. The molecule has 0 spiro atoms. The minimum atomic E-state index is -0.384. The normalized spacial score (nSPS) is 16.5. The Balaban J connectivity index is 2.03. The zero-order valence-corrected chi connectivity index (χ0v) is 12.1. The molecule has 6 nitrogen and oxygen atoms in total. The summed E-state index contributed by atoms with van der Waals surface area (Å²) in [5.74, 6) is 1.09. The molecule has 7 heteroatoms. The maximum Gasteiger partial charge on any atom is 0.153 e. The number of hydrazine groups is 1. The quantitative estimate of drug-likeness (QED) is 0.839. The summed E-state index contributed by atoms with van der Waals surface area (Å²) in [7, 11) is 1.82. The van der Waals surface area contributed by atoms with Crippen LogP contribution in [0.3, 0.4) is 0 Å². The van der Waals surface area contributed by atoms with Crippen LogP contribution in [0.2, 0.25) is 0 Å². The Labute approximate surface area is 127 Å². The lowest BCUT2D eigenvalue weighted by atomic mass is 10.0. The van der Waals surface area contributed by atoms with Gasteiger partial charge in [0, 0.05) is 13.1 Å². The van der Waals surface area contributed by atoms with Gasteiger partial charge in [-0.25, -0.2) is 19.8 Å². The lowest BCUT2D eigenvalue weighted by Crippen LogP contribution is -2.31. The van der Waals surface area contributed by atoms with Gasteiger partial charge < -0.3 is 10.5 Å². The fraction of sp³-hybridized carbons (Fsp3) is 0.200. The van der Waals surface area contributed by atoms with E-state index in [1.165, 1.54) is 18.5 Å². The smallest absolute Gasteiger partial charge is 0.153 e. The van der Waals surface area contributed by atoms with Crippen LogP contribution in [0.15, 0.2) is 37.2 Å². The van der Waals surface area contributed by atoms with Gasteiger partial charge in [-0.15, -0.1) is 0 Å². The highest BCUT2D eigenvalue weighted by Gasteiger charge is 2.31. The molecule has 1 atom stereocenters. The monoisotopic (exact) mass is 301 g/mol. The van der Waals surface area contributed by atoms with Crippen molar-refractivity contribution in [2.24, 2.45) is 0 Å². The van der Waals surface area contributed by atoms with Gasteiger partial charge in [0.15, 0.2) is 5.82 Å². The molecule has 114 valence electrons. The van der Waals surface area contributed by atoms with Crippen molar-refractivity contribution in [2.45, 2.75) is 6.04 Å². The molecule has 0 amide bonds. The number of nitrogen functional groups attached to an aromatic ring is 1. The van der Waals surface area contributed by atoms with Crippen molar-refractivity contribution in [3.63, 3.8) is 0 Å². The maximum atomic E-state index is 13.9. The molecule has 1 aromatic heterocycles. The molecule has 1 unspecified atom stereocenters. The van der Waals surface area contributed by atoms with E-state index in [1.807, 2.05) is 7.05 Å². The fourth-order valence-corrected chi connectivity index (χ4v) is 2.49. The van der Waals surface area contributed by atoms with Crippen LogP contribution in [-0.2, 0) is 0 Å². The average Bonchev–Trinajstić information content (AvgIpc) is 2.83. The van der Waals surface area contributed by atoms with E-state index in [0.717, 1.165) is 5.56 Å². The van der Waals surface area contributed by atoms with E-state index in [1.54, 1.807) is 17.2 Å². The van der Waals surface area contributed by atoms with E-state index >= 15 is 0 Å². The summed E-state index contributed by atoms with van der Waals surface area (Å²) in [6.07, 6.45) is 3.01. The van der Waals surface area contributed by atoms with Crippen LogP contribution in [0, 0.1) is 5.82 Å². The van der Waals surface area contributed by atoms with Crippen molar-refractivity contribution in [3.05, 3.63) is 54.1 Å². The van der Waals surface area contributed by atoms with E-state index in [-0.39, 0.29) is 11.9 Å². The lowest BCUT2D eigenvalue weighted by molar-refractivity contribution is 0.360. The number of hydrogen-bond acceptors (Lipinski definition) is 6. The average molecular weight is 301 g/mol. The number of hydrogen-bond donors (Lipinski definition) is 2. The Bertz CT molecular complexity index is 721. The Morgan fingerprint density at radius 2 is 2.27 bits per heavy atom. The molecular weight excluding hydrogens is 285 g/mol. The molecule has 0 aliphatic carbocycles. The van der Waals surface area contributed by atoms with Crippen molar-refractivity contribution in [1.82, 2.24) is 15.4 Å². The first kappa shape index (κ1) is 14.3. The summed E-state index contributed by atoms with van der Waals surface area (Å²) in [5, 5.41) is 1.74. The molecule has 0 fully saturated rings. The first-order valence-corrected chi connectivity index (χ1v) is 6.74. The van der Waals surface area contributed by atoms with Gasteiger partial charge in [-0.1, -0.05) is 12.7 Å². The predicted molar refractivity (Wildman–Crippen MR) is 81.9 cm³/mol. The molecule has 1 aliphatic rings. The Morgan fingerprint density at radius 3 is 3.05 bits per heavy atom. The summed E-state index contributed by atoms with van der Waals surface area (Å²) >= 11 is 0. The SMILES string of the molecule is C=CCOc1cc(F)cc(C2NN(C)c3ncnc(N)c32)c1. The largest absolute Gasteiger partial charge is 0.489 e. The number of nitrogens with two attached hydrogens (primary N) is 1. The van der Waals surface area contributed by atoms with Crippen LogP contribution in [-0.4, -0.2) is 23.6 Å². The van der Waals surface area contributed by atoms with Crippen molar-refractivity contribution in [2.75, 3.05) is 24.4 Å². The standard InChI is InChI=1S/C15H16FN5O/c1-3-4-22-11-6-9(5-10(16)7-11)13-12-14(17)18-8-19-15(12)21(2)20-13/h3,5-8,13,20H,1,4H2,2H3,(H2,17,18,19). The van der Waals surface area contributed by atoms with Crippen LogP contribution in [0.4, 0.5) is 16.0 Å². The molecule has 2 aromatic rings. The van der Waals surface area contributed by atoms with Crippen molar-refractivity contribution < 1.29 is 9.13 Å². The number of aromatic nitrogens is 2. The number of anilines is 2. The molecule has 22 heavy (non-hydrogen) atoms. The van der Waals surface area contributed by atoms with Gasteiger partial charge in [0.05, 0.1) is 11.6 Å². The summed E-state index contributed by atoms with van der Waals surface area (Å²) in [6, 6.07) is 4.20. The molecule has 2 heterocycles. The minimum Gasteiger partial charge on any atom is -0.489 e. The van der Waals surface area contributed by atoms with Crippen LogP contribution < -0.4 is 20.9 Å². The number of ether oxygens (including phenoxy) is 1. The van der Waals surface area contributed by atoms with Gasteiger partial charge in [-0.2, -0.15) is 0 Å². The van der Waals surface area contributed by atoms with Gasteiger partial charge in [0.25, 0.3) is 0 Å². The highest BCUT2D eigenvalue weighted by molar-refractivity contribution is 5.63. The Morgan fingerprint density at radius 1 is 1.45 bits per heavy atom. The topological polar surface area (TPSA) is 76.3 Å². The minimum absolute atomic E-state index is 0.308. The maximum absolute atomic E-state index is 13.9. The third-order valence-electron chi connectivity index (χ3n) is 3.42. The van der Waals surface area contributed by atoms with Crippen molar-refractivity contribution >= 4 is 11.6 Å². The van der Waals surface area contributed by atoms with Gasteiger partial charge in [-0.05, 0) is 17.7 Å². The lowest BCUT2D eigenvalue weighted by Gasteiger charge is -2.16. The zero-order chi connectivity index (χ0) is 15.7. The van der Waals surface area contributed by atoms with E-state index in [9.17, 15) is 4.39 Å². The number of fused-ring (bicyclic) bond motifs is 1. The second-order valence-electron chi connectivity index (χ2n) is 4.94. The highest BCUT2D eigenvalue weighted by Crippen LogP contribution is 2.38. The number of nitrogens with one attached hydrogen (secondary N) is 1. The molecule has 3 rings (SSSR count). The third-order valence-corrected chi connectivity index (χ3v) is 3.42. The second kappa shape index (κ2) is 5.61. The molecule has 1 aliphatic heterocycles. The molecule has 0 saturated heterocycles. The Kier molecular flexibility index (Phi) is 3.64. The van der Waals surface area contributed by atoms with E-state index in [4.69, 9.17) is 10.5 Å². The van der Waals surface area contributed by atoms with Crippen molar-refractivity contribution in [3.8, 4) is 5.75 Å². The number of nitrogens with zero attached hydrogens (tertiary/aromatic N) is 3. The Hall–Kier alpha value is -2.67. The molecular formula is C15H16FN5O. The summed E-state index contributed by atoms with van der Waals surface area (Å²) < 4.78 is 19.3. The van der Waals surface area contributed by atoms with Crippen LogP contribution >= 0.6 is 0 Å². The number of rotatable bonds is 4. The summed E-state index contributed by atoms with van der Waals surface area (Å²) in [4.78, 5) is 8.22. The van der Waals surface area contributed by atoms with Crippen LogP contribution in [0.25, 0.3) is 0 Å². The van der Waals surface area contributed by atoms with E-state index in [0.29, 0.717) is 29.6 Å². The first-order valence-electron chi connectivity index (χ1n) is 6.74. The van der Waals surface area contributed by atoms with Gasteiger partial charge in [0.1, 0.15) is 30.3 Å². The second-order valence-corrected chi connectivity index (χ2v) is 4.94. The van der Waals surface area contributed by atoms with Gasteiger partial charge in [-0.3, -0.25) is 5.01 Å². The molecule has 1 aromatic carbocycles. The molecule has 0 radical (unpaired) electrons. The van der Waals surface area contributed by atoms with Crippen LogP contribution in [0.1, 0.15) is 17.2 Å². The number of halogens is 1. The van der Waals surface area contributed by atoms with Gasteiger partial charge in [0.2, 0.25) is 0 Å². The number of benzene rings is 1. The molecule has 0 bridgehead atoms. The summed E-state index contributed by atoms with van der Waals surface area (Å²) in [5.41, 5.74) is 10.6.